The summed E-state index contributed by atoms with van der Waals surface area (Å²) in [4.78, 5) is 11.3. The van der Waals surface area contributed by atoms with Crippen LogP contribution in [-0.4, -0.2) is 17.1 Å². The third-order valence-corrected chi connectivity index (χ3v) is 4.17. The van der Waals surface area contributed by atoms with Crippen molar-refractivity contribution in [2.24, 2.45) is 0 Å². The Morgan fingerprint density at radius 1 is 1.16 bits per heavy atom. The van der Waals surface area contributed by atoms with E-state index in [0.717, 1.165) is 23.0 Å². The van der Waals surface area contributed by atoms with Gasteiger partial charge >= 0.3 is 5.97 Å². The molecule has 1 saturated carbocycles. The molecule has 0 unspecified atom stereocenters. The number of anilines is 1. The van der Waals surface area contributed by atoms with E-state index >= 15 is 0 Å². The van der Waals surface area contributed by atoms with E-state index in [4.69, 9.17) is 0 Å². The number of rotatable bonds is 3. The van der Waals surface area contributed by atoms with Crippen LogP contribution in [0.1, 0.15) is 55.3 Å². The summed E-state index contributed by atoms with van der Waals surface area (Å²) in [5, 5.41) is 12.7. The standard InChI is InChI=1S/C15H20BrNO2/c16-11-8-9-14(13(10-11)15(18)19)17-12-6-4-2-1-3-5-7-12/h8-10,12,17H,1-7H2,(H,18,19). The van der Waals surface area contributed by atoms with E-state index in [1.807, 2.05) is 12.1 Å². The number of hydrogen-bond acceptors (Lipinski definition) is 2. The van der Waals surface area contributed by atoms with Crippen molar-refractivity contribution >= 4 is 27.6 Å². The van der Waals surface area contributed by atoms with Gasteiger partial charge in [-0.1, -0.05) is 48.0 Å². The third-order valence-electron chi connectivity index (χ3n) is 3.68. The zero-order valence-electron chi connectivity index (χ0n) is 11.0. The molecule has 0 bridgehead atoms. The van der Waals surface area contributed by atoms with E-state index in [1.165, 1.54) is 32.1 Å². The van der Waals surface area contributed by atoms with Crippen LogP contribution >= 0.6 is 15.9 Å². The lowest BCUT2D eigenvalue weighted by atomic mass is 9.96. The Kier molecular flexibility index (Phi) is 5.25. The van der Waals surface area contributed by atoms with Gasteiger partial charge in [0.25, 0.3) is 0 Å². The molecule has 0 atom stereocenters. The van der Waals surface area contributed by atoms with Crippen LogP contribution in [-0.2, 0) is 0 Å². The molecule has 4 heteroatoms. The monoisotopic (exact) mass is 325 g/mol. The van der Waals surface area contributed by atoms with Gasteiger partial charge in [0.2, 0.25) is 0 Å². The van der Waals surface area contributed by atoms with Crippen molar-refractivity contribution < 1.29 is 9.90 Å². The Balaban J connectivity index is 2.10. The topological polar surface area (TPSA) is 49.3 Å². The zero-order valence-corrected chi connectivity index (χ0v) is 12.6. The molecule has 1 fully saturated rings. The van der Waals surface area contributed by atoms with Gasteiger partial charge in [0.1, 0.15) is 0 Å². The fourth-order valence-electron chi connectivity index (χ4n) is 2.64. The van der Waals surface area contributed by atoms with Crippen LogP contribution < -0.4 is 5.32 Å². The van der Waals surface area contributed by atoms with Gasteiger partial charge in [-0.05, 0) is 31.0 Å². The number of halogens is 1. The van der Waals surface area contributed by atoms with Crippen molar-refractivity contribution in [3.63, 3.8) is 0 Å². The molecule has 0 spiro atoms. The maximum absolute atomic E-state index is 11.3. The normalized spacial score (nSPS) is 17.5. The van der Waals surface area contributed by atoms with Crippen LogP contribution in [0.3, 0.4) is 0 Å². The Bertz CT molecular complexity index is 440. The molecular weight excluding hydrogens is 306 g/mol. The van der Waals surface area contributed by atoms with Gasteiger partial charge in [-0.3, -0.25) is 0 Å². The van der Waals surface area contributed by atoms with Gasteiger partial charge in [0.15, 0.2) is 0 Å². The molecule has 0 aromatic heterocycles. The summed E-state index contributed by atoms with van der Waals surface area (Å²) in [6.07, 6.45) is 8.66. The largest absolute Gasteiger partial charge is 0.478 e. The summed E-state index contributed by atoms with van der Waals surface area (Å²) in [6, 6.07) is 5.80. The summed E-state index contributed by atoms with van der Waals surface area (Å²) in [6.45, 7) is 0. The Hall–Kier alpha value is -1.03. The first kappa shape index (κ1) is 14.4. The van der Waals surface area contributed by atoms with Gasteiger partial charge in [0, 0.05) is 16.2 Å². The van der Waals surface area contributed by atoms with Crippen molar-refractivity contribution in [1.29, 1.82) is 0 Å². The molecule has 0 heterocycles. The molecule has 2 N–H and O–H groups in total. The van der Waals surface area contributed by atoms with Crippen molar-refractivity contribution in [3.8, 4) is 0 Å². The van der Waals surface area contributed by atoms with Crippen LogP contribution in [0.4, 0.5) is 5.69 Å². The molecule has 104 valence electrons. The Labute approximate surface area is 122 Å². The van der Waals surface area contributed by atoms with Gasteiger partial charge in [-0.25, -0.2) is 4.79 Å². The predicted molar refractivity (Wildman–Crippen MR) is 80.8 cm³/mol. The second-order valence-electron chi connectivity index (χ2n) is 5.18. The first-order valence-electron chi connectivity index (χ1n) is 6.96. The molecule has 1 aliphatic carbocycles. The minimum Gasteiger partial charge on any atom is -0.478 e. The highest BCUT2D eigenvalue weighted by atomic mass is 79.9. The van der Waals surface area contributed by atoms with Crippen LogP contribution in [0.2, 0.25) is 0 Å². The lowest BCUT2D eigenvalue weighted by Gasteiger charge is -2.23. The van der Waals surface area contributed by atoms with E-state index < -0.39 is 5.97 Å². The van der Waals surface area contributed by atoms with Crippen LogP contribution in [0.15, 0.2) is 22.7 Å². The van der Waals surface area contributed by atoms with Gasteiger partial charge in [-0.15, -0.1) is 0 Å². The predicted octanol–water partition coefficient (Wildman–Crippen LogP) is 4.67. The molecule has 0 radical (unpaired) electrons. The number of benzene rings is 1. The molecule has 1 aliphatic rings. The zero-order chi connectivity index (χ0) is 13.7. The number of carboxylic acid groups (broad SMARTS) is 1. The fraction of sp³-hybridized carbons (Fsp3) is 0.533. The smallest absolute Gasteiger partial charge is 0.337 e. The minimum atomic E-state index is -0.880. The first-order chi connectivity index (χ1) is 9.16. The maximum atomic E-state index is 11.3. The maximum Gasteiger partial charge on any atom is 0.337 e. The van der Waals surface area contributed by atoms with E-state index in [-0.39, 0.29) is 0 Å². The lowest BCUT2D eigenvalue weighted by Crippen LogP contribution is -2.22. The van der Waals surface area contributed by atoms with Crippen molar-refractivity contribution in [1.82, 2.24) is 0 Å². The van der Waals surface area contributed by atoms with E-state index in [1.54, 1.807) is 6.07 Å². The number of hydrogen-bond donors (Lipinski definition) is 2. The summed E-state index contributed by atoms with van der Waals surface area (Å²) in [5.41, 5.74) is 1.08. The molecule has 3 nitrogen and oxygen atoms in total. The molecule has 0 amide bonds. The van der Waals surface area contributed by atoms with Crippen LogP contribution in [0, 0.1) is 0 Å². The van der Waals surface area contributed by atoms with E-state index in [2.05, 4.69) is 21.2 Å². The molecule has 1 aromatic rings. The number of aromatic carboxylic acids is 1. The van der Waals surface area contributed by atoms with E-state index in [0.29, 0.717) is 11.6 Å². The van der Waals surface area contributed by atoms with Gasteiger partial charge in [-0.2, -0.15) is 0 Å². The van der Waals surface area contributed by atoms with Crippen molar-refractivity contribution in [2.45, 2.75) is 51.0 Å². The SMILES string of the molecule is O=C(O)c1cc(Br)ccc1NC1CCCCCCC1. The molecule has 0 aliphatic heterocycles. The van der Waals surface area contributed by atoms with Crippen molar-refractivity contribution in [3.05, 3.63) is 28.2 Å². The summed E-state index contributed by atoms with van der Waals surface area (Å²) < 4.78 is 0.799. The second-order valence-corrected chi connectivity index (χ2v) is 6.10. The number of carbonyl (C=O) groups is 1. The molecular formula is C15H20BrNO2. The highest BCUT2D eigenvalue weighted by Crippen LogP contribution is 2.25. The highest BCUT2D eigenvalue weighted by Gasteiger charge is 2.15. The molecule has 1 aromatic carbocycles. The average molecular weight is 326 g/mol. The average Bonchev–Trinajstić information content (AvgIpc) is 2.34. The summed E-state index contributed by atoms with van der Waals surface area (Å²) in [7, 11) is 0. The molecule has 2 rings (SSSR count). The van der Waals surface area contributed by atoms with Crippen molar-refractivity contribution in [2.75, 3.05) is 5.32 Å². The van der Waals surface area contributed by atoms with E-state index in [9.17, 15) is 9.90 Å². The molecule has 19 heavy (non-hydrogen) atoms. The van der Waals surface area contributed by atoms with Crippen LogP contribution in [0.5, 0.6) is 0 Å². The second kappa shape index (κ2) is 6.94. The summed E-state index contributed by atoms with van der Waals surface area (Å²) in [5.74, 6) is -0.880. The highest BCUT2D eigenvalue weighted by molar-refractivity contribution is 9.10. The fourth-order valence-corrected chi connectivity index (χ4v) is 3.00. The third kappa shape index (κ3) is 4.23. The quantitative estimate of drug-likeness (QED) is 0.848. The minimum absolute atomic E-state index is 0.344. The summed E-state index contributed by atoms with van der Waals surface area (Å²) >= 11 is 3.32. The Morgan fingerprint density at radius 3 is 2.42 bits per heavy atom. The number of nitrogens with one attached hydrogen (secondary N) is 1. The van der Waals surface area contributed by atoms with Gasteiger partial charge < -0.3 is 10.4 Å². The molecule has 0 saturated heterocycles. The number of carboxylic acids is 1. The first-order valence-corrected chi connectivity index (χ1v) is 7.75. The van der Waals surface area contributed by atoms with Gasteiger partial charge in [0.05, 0.1) is 5.56 Å². The Morgan fingerprint density at radius 2 is 1.79 bits per heavy atom. The lowest BCUT2D eigenvalue weighted by molar-refractivity contribution is 0.0698. The van der Waals surface area contributed by atoms with Crippen LogP contribution in [0.25, 0.3) is 0 Å².